The monoisotopic (exact) mass is 659 g/mol. The molecule has 4 fully saturated rings. The molecule has 0 aromatic carbocycles. The molecule has 0 saturated heterocycles. The van der Waals surface area contributed by atoms with E-state index in [-0.39, 0.29) is 0 Å². The second kappa shape index (κ2) is 24.9. The smallest absolute Gasteiger partial charge is 0.0494 e. The lowest BCUT2D eigenvalue weighted by atomic mass is 9.75. The zero-order valence-electron chi connectivity index (χ0n) is 31.9. The van der Waals surface area contributed by atoms with Crippen molar-refractivity contribution in [2.24, 2.45) is 47.3 Å². The van der Waals surface area contributed by atoms with E-state index in [0.717, 1.165) is 99.8 Å². The highest BCUT2D eigenvalue weighted by Crippen LogP contribution is 2.39. The minimum atomic E-state index is 0.852. The maximum Gasteiger partial charge on any atom is 0.0494 e. The molecular weight excluding hydrogens is 576 g/mol. The van der Waals surface area contributed by atoms with Gasteiger partial charge in [0.2, 0.25) is 0 Å². The normalized spacial score (nSPS) is 32.0. The van der Waals surface area contributed by atoms with Crippen molar-refractivity contribution < 1.29 is 14.2 Å². The van der Waals surface area contributed by atoms with Crippen molar-refractivity contribution in [3.8, 4) is 0 Å². The summed E-state index contributed by atoms with van der Waals surface area (Å²) >= 11 is 0. The van der Waals surface area contributed by atoms with Crippen molar-refractivity contribution in [3.05, 3.63) is 0 Å². The standard InChI is InChI=1S/C44H82O3/c1-3-31-46-35-43-27-23-41(24-28-43)21-19-39-15-11-37(12-16-39)9-5-7-33-45-34-8-6-10-38-13-17-40(18-14-38)20-22-42-25-29-44(30-26-42)36-47-32-4-2/h37-44H,3-36H2,1-2H3. The van der Waals surface area contributed by atoms with Gasteiger partial charge in [-0.15, -0.1) is 0 Å². The van der Waals surface area contributed by atoms with Gasteiger partial charge in [-0.2, -0.15) is 0 Å². The highest BCUT2D eigenvalue weighted by atomic mass is 16.5. The lowest BCUT2D eigenvalue weighted by Crippen LogP contribution is -2.20. The molecule has 4 aliphatic carbocycles. The summed E-state index contributed by atoms with van der Waals surface area (Å²) in [5.74, 6) is 7.82. The van der Waals surface area contributed by atoms with Crippen molar-refractivity contribution >= 4 is 0 Å². The van der Waals surface area contributed by atoms with Gasteiger partial charge in [0.05, 0.1) is 0 Å². The Morgan fingerprint density at radius 2 is 0.574 bits per heavy atom. The minimum absolute atomic E-state index is 0.852. The second-order valence-corrected chi connectivity index (χ2v) is 17.5. The Hall–Kier alpha value is -0.120. The number of ether oxygens (including phenoxy) is 3. The van der Waals surface area contributed by atoms with Crippen LogP contribution in [0.3, 0.4) is 0 Å². The fourth-order valence-corrected chi connectivity index (χ4v) is 10.1. The highest BCUT2D eigenvalue weighted by Gasteiger charge is 2.26. The third kappa shape index (κ3) is 17.1. The van der Waals surface area contributed by atoms with Crippen molar-refractivity contribution in [1.29, 1.82) is 0 Å². The topological polar surface area (TPSA) is 27.7 Å². The van der Waals surface area contributed by atoms with Crippen LogP contribution in [-0.2, 0) is 14.2 Å². The molecule has 3 nitrogen and oxygen atoms in total. The van der Waals surface area contributed by atoms with E-state index < -0.39 is 0 Å². The van der Waals surface area contributed by atoms with Crippen LogP contribution in [0.15, 0.2) is 0 Å². The summed E-state index contributed by atoms with van der Waals surface area (Å²) in [7, 11) is 0. The van der Waals surface area contributed by atoms with Gasteiger partial charge in [-0.25, -0.2) is 0 Å². The summed E-state index contributed by atoms with van der Waals surface area (Å²) in [5.41, 5.74) is 0. The van der Waals surface area contributed by atoms with Gasteiger partial charge < -0.3 is 14.2 Å². The Kier molecular flexibility index (Phi) is 21.0. The van der Waals surface area contributed by atoms with Crippen molar-refractivity contribution in [2.75, 3.05) is 39.6 Å². The highest BCUT2D eigenvalue weighted by molar-refractivity contribution is 4.78. The predicted octanol–water partition coefficient (Wildman–Crippen LogP) is 13.0. The third-order valence-electron chi connectivity index (χ3n) is 13.5. The SMILES string of the molecule is CCCOCC1CCC(CCC2CCC(CCCCOCCCCC3CCC(CCC4CCC(COCCC)CC4)CC3)CC2)CC1. The van der Waals surface area contributed by atoms with Gasteiger partial charge in [-0.1, -0.05) is 142 Å². The van der Waals surface area contributed by atoms with Crippen LogP contribution in [0.2, 0.25) is 0 Å². The zero-order valence-corrected chi connectivity index (χ0v) is 31.9. The van der Waals surface area contributed by atoms with Crippen molar-refractivity contribution in [2.45, 2.75) is 194 Å². The molecule has 0 heterocycles. The average molecular weight is 659 g/mol. The first-order chi connectivity index (χ1) is 23.2. The molecule has 0 radical (unpaired) electrons. The number of hydrogen-bond acceptors (Lipinski definition) is 3. The Morgan fingerprint density at radius 3 is 0.872 bits per heavy atom. The van der Waals surface area contributed by atoms with Crippen LogP contribution in [0.25, 0.3) is 0 Å². The first kappa shape index (κ1) is 39.7. The maximum atomic E-state index is 6.07. The quantitative estimate of drug-likeness (QED) is 0.0966. The van der Waals surface area contributed by atoms with E-state index in [1.807, 2.05) is 0 Å². The van der Waals surface area contributed by atoms with Crippen LogP contribution < -0.4 is 0 Å². The fourth-order valence-electron chi connectivity index (χ4n) is 10.1. The molecule has 4 aliphatic rings. The Bertz CT molecular complexity index is 648. The lowest BCUT2D eigenvalue weighted by Gasteiger charge is -2.32. The Labute approximate surface area is 294 Å². The summed E-state index contributed by atoms with van der Waals surface area (Å²) < 4.78 is 17.7. The molecule has 276 valence electrons. The molecule has 0 aromatic heterocycles. The van der Waals surface area contributed by atoms with Gasteiger partial charge in [0.25, 0.3) is 0 Å². The van der Waals surface area contributed by atoms with E-state index >= 15 is 0 Å². The van der Waals surface area contributed by atoms with Crippen molar-refractivity contribution in [3.63, 3.8) is 0 Å². The van der Waals surface area contributed by atoms with Gasteiger partial charge in [0.15, 0.2) is 0 Å². The first-order valence-corrected chi connectivity index (χ1v) is 21.9. The minimum Gasteiger partial charge on any atom is -0.381 e. The van der Waals surface area contributed by atoms with Gasteiger partial charge in [0, 0.05) is 39.6 Å². The summed E-state index contributed by atoms with van der Waals surface area (Å²) in [6, 6.07) is 0. The largest absolute Gasteiger partial charge is 0.381 e. The molecular formula is C44H82O3. The van der Waals surface area contributed by atoms with Crippen LogP contribution in [0, 0.1) is 47.3 Å². The van der Waals surface area contributed by atoms with E-state index in [9.17, 15) is 0 Å². The van der Waals surface area contributed by atoms with Crippen LogP contribution in [0.5, 0.6) is 0 Å². The number of unbranched alkanes of at least 4 members (excludes halogenated alkanes) is 2. The molecule has 0 aromatic rings. The van der Waals surface area contributed by atoms with E-state index in [0.29, 0.717) is 0 Å². The fraction of sp³-hybridized carbons (Fsp3) is 1.00. The molecule has 0 unspecified atom stereocenters. The van der Waals surface area contributed by atoms with Crippen LogP contribution in [-0.4, -0.2) is 39.6 Å². The molecule has 4 rings (SSSR count). The maximum absolute atomic E-state index is 6.07. The van der Waals surface area contributed by atoms with Crippen LogP contribution >= 0.6 is 0 Å². The van der Waals surface area contributed by atoms with Gasteiger partial charge in [-0.05, 0) is 98.7 Å². The third-order valence-corrected chi connectivity index (χ3v) is 13.5. The summed E-state index contributed by atoms with van der Waals surface area (Å²) in [5, 5.41) is 0. The first-order valence-electron chi connectivity index (χ1n) is 21.9. The summed E-state index contributed by atoms with van der Waals surface area (Å²) in [6.07, 6.45) is 40.2. The molecule has 3 heteroatoms. The molecule has 0 spiro atoms. The molecule has 0 aliphatic heterocycles. The van der Waals surface area contributed by atoms with Gasteiger partial charge in [-0.3, -0.25) is 0 Å². The Morgan fingerprint density at radius 1 is 0.298 bits per heavy atom. The van der Waals surface area contributed by atoms with Crippen molar-refractivity contribution in [1.82, 2.24) is 0 Å². The summed E-state index contributed by atoms with van der Waals surface area (Å²) in [4.78, 5) is 0. The number of hydrogen-bond donors (Lipinski definition) is 0. The molecule has 0 N–H and O–H groups in total. The van der Waals surface area contributed by atoms with E-state index in [1.54, 1.807) is 0 Å². The van der Waals surface area contributed by atoms with Gasteiger partial charge in [0.1, 0.15) is 0 Å². The lowest BCUT2D eigenvalue weighted by molar-refractivity contribution is 0.0762. The predicted molar refractivity (Wildman–Crippen MR) is 201 cm³/mol. The summed E-state index contributed by atoms with van der Waals surface area (Å²) in [6.45, 7) is 10.4. The zero-order chi connectivity index (χ0) is 32.8. The van der Waals surface area contributed by atoms with E-state index in [2.05, 4.69) is 13.8 Å². The van der Waals surface area contributed by atoms with E-state index in [4.69, 9.17) is 14.2 Å². The van der Waals surface area contributed by atoms with E-state index in [1.165, 1.54) is 167 Å². The molecule has 0 bridgehead atoms. The molecule has 47 heavy (non-hydrogen) atoms. The molecule has 0 amide bonds. The second-order valence-electron chi connectivity index (χ2n) is 17.5. The van der Waals surface area contributed by atoms with Crippen LogP contribution in [0.4, 0.5) is 0 Å². The Balaban J connectivity index is 0.877. The average Bonchev–Trinajstić information content (AvgIpc) is 3.11. The van der Waals surface area contributed by atoms with Gasteiger partial charge >= 0.3 is 0 Å². The van der Waals surface area contributed by atoms with Crippen LogP contribution in [0.1, 0.15) is 194 Å². The molecule has 0 atom stereocenters. The molecule has 4 saturated carbocycles. The number of rotatable bonds is 24.